The normalized spacial score (nSPS) is 12.4. The Morgan fingerprint density at radius 3 is 2.44 bits per heavy atom. The molecule has 1 atom stereocenters. The molecule has 0 fully saturated rings. The Bertz CT molecular complexity index is 522. The molecule has 0 heterocycles. The summed E-state index contributed by atoms with van der Waals surface area (Å²) in [6.45, 7) is 5.24. The van der Waals surface area contributed by atoms with Gasteiger partial charge in [0.25, 0.3) is 0 Å². The van der Waals surface area contributed by atoms with E-state index in [1.165, 1.54) is 16.7 Å². The molecule has 1 nitrogen and oxygen atoms in total. The van der Waals surface area contributed by atoms with Gasteiger partial charge in [0.05, 0.1) is 0 Å². The summed E-state index contributed by atoms with van der Waals surface area (Å²) in [5, 5.41) is 3.57. The average Bonchev–Trinajstić information content (AvgIpc) is 2.38. The van der Waals surface area contributed by atoms with Crippen LogP contribution in [0.1, 0.15) is 29.7 Å². The Morgan fingerprint density at radius 1 is 1.06 bits per heavy atom. The Balaban J connectivity index is 2.03. The van der Waals surface area contributed by atoms with Crippen molar-refractivity contribution in [1.82, 2.24) is 5.32 Å². The summed E-state index contributed by atoms with van der Waals surface area (Å²) in [6.07, 6.45) is 0. The maximum absolute atomic E-state index is 3.60. The van der Waals surface area contributed by atoms with E-state index in [9.17, 15) is 0 Å². The lowest BCUT2D eigenvalue weighted by Gasteiger charge is -2.16. The number of halogens is 1. The van der Waals surface area contributed by atoms with Gasteiger partial charge in [-0.3, -0.25) is 0 Å². The van der Waals surface area contributed by atoms with Crippen LogP contribution < -0.4 is 5.32 Å². The van der Waals surface area contributed by atoms with Crippen LogP contribution in [0.4, 0.5) is 0 Å². The van der Waals surface area contributed by atoms with Crippen molar-refractivity contribution in [2.24, 2.45) is 0 Å². The smallest absolute Gasteiger partial charge is 0.0306 e. The largest absolute Gasteiger partial charge is 0.306 e. The molecule has 0 radical (unpaired) electrons. The van der Waals surface area contributed by atoms with E-state index >= 15 is 0 Å². The third-order valence-corrected chi connectivity index (χ3v) is 3.95. The zero-order valence-corrected chi connectivity index (χ0v) is 12.4. The maximum Gasteiger partial charge on any atom is 0.0306 e. The minimum Gasteiger partial charge on any atom is -0.306 e. The van der Waals surface area contributed by atoms with Gasteiger partial charge in [-0.05, 0) is 36.6 Å². The molecule has 0 saturated carbocycles. The van der Waals surface area contributed by atoms with Crippen molar-refractivity contribution in [1.29, 1.82) is 0 Å². The average molecular weight is 304 g/mol. The molecule has 0 unspecified atom stereocenters. The highest BCUT2D eigenvalue weighted by Crippen LogP contribution is 2.23. The zero-order chi connectivity index (χ0) is 13.0. The second kappa shape index (κ2) is 6.17. The van der Waals surface area contributed by atoms with Gasteiger partial charge in [-0.1, -0.05) is 58.4 Å². The third kappa shape index (κ3) is 3.21. The number of rotatable bonds is 4. The van der Waals surface area contributed by atoms with Gasteiger partial charge < -0.3 is 5.32 Å². The van der Waals surface area contributed by atoms with Gasteiger partial charge in [0.15, 0.2) is 0 Å². The van der Waals surface area contributed by atoms with Gasteiger partial charge in [-0.2, -0.15) is 0 Å². The summed E-state index contributed by atoms with van der Waals surface area (Å²) in [5.41, 5.74) is 3.99. The topological polar surface area (TPSA) is 12.0 Å². The molecule has 0 amide bonds. The summed E-state index contributed by atoms with van der Waals surface area (Å²) in [4.78, 5) is 0. The van der Waals surface area contributed by atoms with Crippen LogP contribution in [0.25, 0.3) is 0 Å². The lowest BCUT2D eigenvalue weighted by Crippen LogP contribution is -2.18. The predicted molar refractivity (Wildman–Crippen MR) is 80.6 cm³/mol. The molecule has 0 saturated heterocycles. The Morgan fingerprint density at radius 2 is 1.72 bits per heavy atom. The molecule has 0 aliphatic heterocycles. The molecule has 0 bridgehead atoms. The SMILES string of the molecule is Cc1ccccc1CN[C@H](C)c1ccccc1Br. The Labute approximate surface area is 117 Å². The van der Waals surface area contributed by atoms with Gasteiger partial charge in [0.1, 0.15) is 0 Å². The second-order valence-corrected chi connectivity index (χ2v) is 5.40. The molecule has 94 valence electrons. The first-order chi connectivity index (χ1) is 8.68. The maximum atomic E-state index is 3.60. The molecule has 2 heteroatoms. The minimum atomic E-state index is 0.334. The van der Waals surface area contributed by atoms with Crippen LogP contribution in [0, 0.1) is 6.92 Å². The van der Waals surface area contributed by atoms with Crippen LogP contribution in [0.2, 0.25) is 0 Å². The van der Waals surface area contributed by atoms with Crippen molar-refractivity contribution in [2.45, 2.75) is 26.4 Å². The zero-order valence-electron chi connectivity index (χ0n) is 10.8. The van der Waals surface area contributed by atoms with E-state index in [1.807, 2.05) is 6.07 Å². The second-order valence-electron chi connectivity index (χ2n) is 4.55. The first kappa shape index (κ1) is 13.3. The molecular weight excluding hydrogens is 286 g/mol. The first-order valence-electron chi connectivity index (χ1n) is 6.21. The van der Waals surface area contributed by atoms with Gasteiger partial charge in [-0.25, -0.2) is 0 Å². The summed E-state index contributed by atoms with van der Waals surface area (Å²) < 4.78 is 1.16. The summed E-state index contributed by atoms with van der Waals surface area (Å²) in [5.74, 6) is 0. The standard InChI is InChI=1S/C16H18BrN/c1-12-7-3-4-8-14(12)11-18-13(2)15-9-5-6-10-16(15)17/h3-10,13,18H,11H2,1-2H3/t13-/m1/s1. The molecule has 0 aromatic heterocycles. The molecule has 0 aliphatic carbocycles. The fourth-order valence-electron chi connectivity index (χ4n) is 2.01. The highest BCUT2D eigenvalue weighted by atomic mass is 79.9. The summed E-state index contributed by atoms with van der Waals surface area (Å²) >= 11 is 3.60. The molecule has 0 aliphatic rings. The molecular formula is C16H18BrN. The molecule has 2 aromatic carbocycles. The van der Waals surface area contributed by atoms with Crippen molar-refractivity contribution in [2.75, 3.05) is 0 Å². The molecule has 2 rings (SSSR count). The van der Waals surface area contributed by atoms with Crippen LogP contribution >= 0.6 is 15.9 Å². The van der Waals surface area contributed by atoms with E-state index in [4.69, 9.17) is 0 Å². The fraction of sp³-hybridized carbons (Fsp3) is 0.250. The molecule has 18 heavy (non-hydrogen) atoms. The van der Waals surface area contributed by atoms with Crippen molar-refractivity contribution < 1.29 is 0 Å². The fourth-order valence-corrected chi connectivity index (χ4v) is 2.64. The number of aryl methyl sites for hydroxylation is 1. The highest BCUT2D eigenvalue weighted by molar-refractivity contribution is 9.10. The molecule has 1 N–H and O–H groups in total. The van der Waals surface area contributed by atoms with Crippen LogP contribution in [0.15, 0.2) is 53.0 Å². The van der Waals surface area contributed by atoms with E-state index < -0.39 is 0 Å². The van der Waals surface area contributed by atoms with Gasteiger partial charge >= 0.3 is 0 Å². The van der Waals surface area contributed by atoms with Crippen LogP contribution in [-0.2, 0) is 6.54 Å². The third-order valence-electron chi connectivity index (χ3n) is 3.23. The van der Waals surface area contributed by atoms with Gasteiger partial charge in [-0.15, -0.1) is 0 Å². The summed E-state index contributed by atoms with van der Waals surface area (Å²) in [7, 11) is 0. The number of nitrogens with one attached hydrogen (secondary N) is 1. The lowest BCUT2D eigenvalue weighted by molar-refractivity contribution is 0.571. The van der Waals surface area contributed by atoms with Gasteiger partial charge in [0, 0.05) is 17.1 Å². The summed E-state index contributed by atoms with van der Waals surface area (Å²) in [6, 6.07) is 17.2. The molecule has 0 spiro atoms. The van der Waals surface area contributed by atoms with E-state index in [2.05, 4.69) is 77.6 Å². The van der Waals surface area contributed by atoms with Crippen molar-refractivity contribution in [3.8, 4) is 0 Å². The lowest BCUT2D eigenvalue weighted by atomic mass is 10.1. The highest BCUT2D eigenvalue weighted by Gasteiger charge is 2.08. The Kier molecular flexibility index (Phi) is 4.56. The number of benzene rings is 2. The van der Waals surface area contributed by atoms with E-state index in [-0.39, 0.29) is 0 Å². The molecule has 2 aromatic rings. The van der Waals surface area contributed by atoms with Crippen LogP contribution in [0.5, 0.6) is 0 Å². The van der Waals surface area contributed by atoms with Crippen LogP contribution in [0.3, 0.4) is 0 Å². The van der Waals surface area contributed by atoms with Gasteiger partial charge in [0.2, 0.25) is 0 Å². The Hall–Kier alpha value is -1.12. The minimum absolute atomic E-state index is 0.334. The van der Waals surface area contributed by atoms with Crippen molar-refractivity contribution in [3.05, 3.63) is 69.7 Å². The van der Waals surface area contributed by atoms with Crippen molar-refractivity contribution in [3.63, 3.8) is 0 Å². The first-order valence-corrected chi connectivity index (χ1v) is 7.00. The number of hydrogen-bond donors (Lipinski definition) is 1. The van der Waals surface area contributed by atoms with Crippen LogP contribution in [-0.4, -0.2) is 0 Å². The number of hydrogen-bond acceptors (Lipinski definition) is 1. The van der Waals surface area contributed by atoms with E-state index in [1.54, 1.807) is 0 Å². The van der Waals surface area contributed by atoms with Crippen molar-refractivity contribution >= 4 is 15.9 Å². The monoisotopic (exact) mass is 303 g/mol. The van der Waals surface area contributed by atoms with E-state index in [0.717, 1.165) is 11.0 Å². The van der Waals surface area contributed by atoms with E-state index in [0.29, 0.717) is 6.04 Å². The predicted octanol–water partition coefficient (Wildman–Crippen LogP) is 4.61. The quantitative estimate of drug-likeness (QED) is 0.870.